The van der Waals surface area contributed by atoms with Crippen LogP contribution in [0.25, 0.3) is 0 Å². The summed E-state index contributed by atoms with van der Waals surface area (Å²) >= 11 is 3.38. The molecule has 0 spiro atoms. The molecule has 0 aromatic heterocycles. The van der Waals surface area contributed by atoms with Crippen molar-refractivity contribution in [3.05, 3.63) is 28.2 Å². The summed E-state index contributed by atoms with van der Waals surface area (Å²) in [5.74, 6) is 6.74. The molecule has 0 unspecified atom stereocenters. The average Bonchev–Trinajstić information content (AvgIpc) is 2.30. The van der Waals surface area contributed by atoms with Gasteiger partial charge >= 0.3 is 0 Å². The Morgan fingerprint density at radius 3 is 2.94 bits per heavy atom. The molecule has 0 aliphatic carbocycles. The van der Waals surface area contributed by atoms with E-state index in [0.29, 0.717) is 13.0 Å². The standard InChI is InChI=1S/C13H14BrNO2/c1-10(16)15-8-4-3-5-11-6-7-12(14)13(9-11)17-2/h6-7,9H,4,8H2,1-2H3,(H,15,16). The zero-order chi connectivity index (χ0) is 12.7. The SMILES string of the molecule is COc1cc(C#CCCNC(C)=O)ccc1Br. The molecule has 0 heterocycles. The van der Waals surface area contributed by atoms with Gasteiger partial charge < -0.3 is 10.1 Å². The maximum absolute atomic E-state index is 10.6. The van der Waals surface area contributed by atoms with Crippen LogP contribution in [0.3, 0.4) is 0 Å². The van der Waals surface area contributed by atoms with Crippen molar-refractivity contribution in [2.45, 2.75) is 13.3 Å². The van der Waals surface area contributed by atoms with Crippen LogP contribution in [0, 0.1) is 11.8 Å². The normalized spacial score (nSPS) is 9.12. The first-order valence-corrected chi connectivity index (χ1v) is 5.99. The number of nitrogens with one attached hydrogen (secondary N) is 1. The van der Waals surface area contributed by atoms with Crippen molar-refractivity contribution in [3.63, 3.8) is 0 Å². The maximum Gasteiger partial charge on any atom is 0.216 e. The van der Waals surface area contributed by atoms with Gasteiger partial charge in [-0.25, -0.2) is 0 Å². The largest absolute Gasteiger partial charge is 0.496 e. The summed E-state index contributed by atoms with van der Waals surface area (Å²) in [4.78, 5) is 10.6. The Labute approximate surface area is 110 Å². The third-order valence-electron chi connectivity index (χ3n) is 2.01. The second-order valence-electron chi connectivity index (χ2n) is 3.38. The highest BCUT2D eigenvalue weighted by Crippen LogP contribution is 2.25. The van der Waals surface area contributed by atoms with Crippen molar-refractivity contribution in [3.8, 4) is 17.6 Å². The number of hydrogen-bond donors (Lipinski definition) is 1. The highest BCUT2D eigenvalue weighted by Gasteiger charge is 1.98. The van der Waals surface area contributed by atoms with E-state index in [2.05, 4.69) is 33.1 Å². The Morgan fingerprint density at radius 1 is 1.53 bits per heavy atom. The van der Waals surface area contributed by atoms with Gasteiger partial charge in [0, 0.05) is 25.5 Å². The van der Waals surface area contributed by atoms with E-state index in [9.17, 15) is 4.79 Å². The Bertz CT molecular complexity index is 460. The number of amides is 1. The van der Waals surface area contributed by atoms with Gasteiger partial charge in [0.2, 0.25) is 5.91 Å². The van der Waals surface area contributed by atoms with Crippen LogP contribution in [0.2, 0.25) is 0 Å². The summed E-state index contributed by atoms with van der Waals surface area (Å²) in [6, 6.07) is 5.68. The number of rotatable bonds is 3. The van der Waals surface area contributed by atoms with Gasteiger partial charge in [-0.05, 0) is 34.1 Å². The van der Waals surface area contributed by atoms with Gasteiger partial charge in [-0.1, -0.05) is 11.8 Å². The van der Waals surface area contributed by atoms with Crippen molar-refractivity contribution in [1.29, 1.82) is 0 Å². The lowest BCUT2D eigenvalue weighted by molar-refractivity contribution is -0.118. The molecule has 0 saturated carbocycles. The van der Waals surface area contributed by atoms with E-state index >= 15 is 0 Å². The van der Waals surface area contributed by atoms with Gasteiger partial charge in [0.1, 0.15) is 5.75 Å². The fraction of sp³-hybridized carbons (Fsp3) is 0.308. The Hall–Kier alpha value is -1.47. The minimum Gasteiger partial charge on any atom is -0.496 e. The van der Waals surface area contributed by atoms with Gasteiger partial charge in [0.05, 0.1) is 11.6 Å². The molecular formula is C13H14BrNO2. The number of ether oxygens (including phenoxy) is 1. The van der Waals surface area contributed by atoms with Crippen molar-refractivity contribution in [2.75, 3.05) is 13.7 Å². The number of halogens is 1. The van der Waals surface area contributed by atoms with E-state index in [4.69, 9.17) is 4.74 Å². The molecule has 1 aromatic rings. The summed E-state index contributed by atoms with van der Waals surface area (Å²) in [7, 11) is 1.62. The molecule has 0 aliphatic heterocycles. The Morgan fingerprint density at radius 2 is 2.29 bits per heavy atom. The molecule has 1 aromatic carbocycles. The summed E-state index contributed by atoms with van der Waals surface area (Å²) in [6.45, 7) is 2.07. The molecule has 0 aliphatic rings. The average molecular weight is 296 g/mol. The zero-order valence-electron chi connectivity index (χ0n) is 9.84. The van der Waals surface area contributed by atoms with Crippen LogP contribution in [0.5, 0.6) is 5.75 Å². The summed E-state index contributed by atoms with van der Waals surface area (Å²) in [6.07, 6.45) is 0.637. The van der Waals surface area contributed by atoms with Gasteiger partial charge in [-0.15, -0.1) is 0 Å². The third-order valence-corrected chi connectivity index (χ3v) is 2.66. The predicted octanol–water partition coefficient (Wildman–Crippen LogP) is 2.34. The van der Waals surface area contributed by atoms with Gasteiger partial charge in [0.15, 0.2) is 0 Å². The van der Waals surface area contributed by atoms with E-state index in [0.717, 1.165) is 15.8 Å². The van der Waals surface area contributed by atoms with Crippen LogP contribution in [-0.4, -0.2) is 19.6 Å². The topological polar surface area (TPSA) is 38.3 Å². The quantitative estimate of drug-likeness (QED) is 0.687. The van der Waals surface area contributed by atoms with Crippen LogP contribution >= 0.6 is 15.9 Å². The second-order valence-corrected chi connectivity index (χ2v) is 4.24. The molecule has 0 bridgehead atoms. The van der Waals surface area contributed by atoms with E-state index in [1.807, 2.05) is 18.2 Å². The van der Waals surface area contributed by atoms with Crippen molar-refractivity contribution >= 4 is 21.8 Å². The van der Waals surface area contributed by atoms with E-state index in [-0.39, 0.29) is 5.91 Å². The molecule has 17 heavy (non-hydrogen) atoms. The lowest BCUT2D eigenvalue weighted by Gasteiger charge is -2.02. The van der Waals surface area contributed by atoms with Crippen LogP contribution in [0.1, 0.15) is 18.9 Å². The zero-order valence-corrected chi connectivity index (χ0v) is 11.4. The fourth-order valence-corrected chi connectivity index (χ4v) is 1.61. The second kappa shape index (κ2) is 6.97. The van der Waals surface area contributed by atoms with Crippen LogP contribution in [0.4, 0.5) is 0 Å². The highest BCUT2D eigenvalue weighted by atomic mass is 79.9. The first-order chi connectivity index (χ1) is 8.13. The highest BCUT2D eigenvalue weighted by molar-refractivity contribution is 9.10. The minimum atomic E-state index is -0.0305. The molecule has 1 rings (SSSR count). The van der Waals surface area contributed by atoms with E-state index < -0.39 is 0 Å². The Kier molecular flexibility index (Phi) is 5.58. The monoisotopic (exact) mass is 295 g/mol. The predicted molar refractivity (Wildman–Crippen MR) is 70.9 cm³/mol. The molecule has 0 radical (unpaired) electrons. The van der Waals surface area contributed by atoms with E-state index in [1.165, 1.54) is 6.92 Å². The van der Waals surface area contributed by atoms with Crippen LogP contribution in [-0.2, 0) is 4.79 Å². The minimum absolute atomic E-state index is 0.0305. The van der Waals surface area contributed by atoms with Gasteiger partial charge in [-0.2, -0.15) is 0 Å². The van der Waals surface area contributed by atoms with Gasteiger partial charge in [-0.3, -0.25) is 4.79 Å². The van der Waals surface area contributed by atoms with Crippen molar-refractivity contribution < 1.29 is 9.53 Å². The van der Waals surface area contributed by atoms with Crippen molar-refractivity contribution in [1.82, 2.24) is 5.32 Å². The number of benzene rings is 1. The molecule has 4 heteroatoms. The summed E-state index contributed by atoms with van der Waals surface area (Å²) in [5.41, 5.74) is 0.896. The number of methoxy groups -OCH3 is 1. The summed E-state index contributed by atoms with van der Waals surface area (Å²) < 4.78 is 6.08. The fourth-order valence-electron chi connectivity index (χ4n) is 1.20. The number of carbonyl (C=O) groups excluding carboxylic acids is 1. The molecule has 0 fully saturated rings. The van der Waals surface area contributed by atoms with Gasteiger partial charge in [0.25, 0.3) is 0 Å². The van der Waals surface area contributed by atoms with Crippen LogP contribution in [0.15, 0.2) is 22.7 Å². The van der Waals surface area contributed by atoms with Crippen molar-refractivity contribution in [2.24, 2.45) is 0 Å². The molecule has 1 N–H and O–H groups in total. The molecule has 3 nitrogen and oxygen atoms in total. The van der Waals surface area contributed by atoms with E-state index in [1.54, 1.807) is 7.11 Å². The third kappa shape index (κ3) is 4.92. The molecule has 0 atom stereocenters. The number of hydrogen-bond acceptors (Lipinski definition) is 2. The molecule has 90 valence electrons. The van der Waals surface area contributed by atoms with Crippen LogP contribution < -0.4 is 10.1 Å². The molecular weight excluding hydrogens is 282 g/mol. The molecule has 0 saturated heterocycles. The number of carbonyl (C=O) groups is 1. The summed E-state index contributed by atoms with van der Waals surface area (Å²) in [5, 5.41) is 2.69. The first kappa shape index (κ1) is 13.6. The Balaban J connectivity index is 2.57. The lowest BCUT2D eigenvalue weighted by atomic mass is 10.2. The maximum atomic E-state index is 10.6. The first-order valence-electron chi connectivity index (χ1n) is 5.20. The smallest absolute Gasteiger partial charge is 0.216 e. The lowest BCUT2D eigenvalue weighted by Crippen LogP contribution is -2.20. The molecule has 1 amide bonds.